The Hall–Kier alpha value is -2.22. The molecule has 0 bridgehead atoms. The molecular weight excluding hydrogens is 294 g/mol. The van der Waals surface area contributed by atoms with Gasteiger partial charge in [0, 0.05) is 18.6 Å². The minimum atomic E-state index is 0.0560. The summed E-state index contributed by atoms with van der Waals surface area (Å²) in [5.74, 6) is 0. The average Bonchev–Trinajstić information content (AvgIpc) is 2.92. The Morgan fingerprint density at radius 2 is 2.30 bits per heavy atom. The number of hydrogen-bond acceptors (Lipinski definition) is 5. The number of benzene rings is 1. The Kier molecular flexibility index (Phi) is 4.71. The second kappa shape index (κ2) is 6.91. The maximum atomic E-state index is 5.32. The van der Waals surface area contributed by atoms with E-state index in [1.54, 1.807) is 7.05 Å². The Bertz CT molecular complexity index is 706. The van der Waals surface area contributed by atoms with Gasteiger partial charge in [-0.25, -0.2) is 9.88 Å². The normalized spacial score (nSPS) is 20.8. The molecule has 1 aromatic carbocycles. The van der Waals surface area contributed by atoms with Crippen molar-refractivity contribution < 1.29 is 9.88 Å². The molecule has 1 N–H and O–H groups in total. The molecule has 0 radical (unpaired) electrons. The van der Waals surface area contributed by atoms with Gasteiger partial charge in [-0.05, 0) is 25.3 Å². The summed E-state index contributed by atoms with van der Waals surface area (Å²) in [6, 6.07) is 6.61. The molecule has 3 rings (SSSR count). The van der Waals surface area contributed by atoms with Crippen molar-refractivity contribution in [2.45, 2.75) is 31.9 Å². The van der Waals surface area contributed by atoms with Crippen molar-refractivity contribution in [3.8, 4) is 0 Å². The van der Waals surface area contributed by atoms with Gasteiger partial charge in [0.1, 0.15) is 6.34 Å². The minimum absolute atomic E-state index is 0.0560. The van der Waals surface area contributed by atoms with E-state index < -0.39 is 0 Å². The summed E-state index contributed by atoms with van der Waals surface area (Å²) in [7, 11) is 1.75. The van der Waals surface area contributed by atoms with Crippen molar-refractivity contribution in [1.82, 2.24) is 20.4 Å². The first-order chi connectivity index (χ1) is 11.2. The Morgan fingerprint density at radius 1 is 1.48 bits per heavy atom. The summed E-state index contributed by atoms with van der Waals surface area (Å²) in [4.78, 5) is 14.2. The zero-order chi connectivity index (χ0) is 16.2. The van der Waals surface area contributed by atoms with E-state index in [0.29, 0.717) is 6.04 Å². The van der Waals surface area contributed by atoms with Gasteiger partial charge in [-0.15, -0.1) is 4.99 Å². The topological polar surface area (TPSA) is 63.9 Å². The van der Waals surface area contributed by atoms with E-state index in [0.717, 1.165) is 12.8 Å². The van der Waals surface area contributed by atoms with Crippen LogP contribution in [0.4, 0.5) is 0 Å². The fraction of sp³-hybridized carbons (Fsp3) is 0.375. The van der Waals surface area contributed by atoms with Gasteiger partial charge in [0.25, 0.3) is 0 Å². The summed E-state index contributed by atoms with van der Waals surface area (Å²) < 4.78 is 2.10. The minimum Gasteiger partial charge on any atom is -0.276 e. The molecular formula is C16H21N5O2. The van der Waals surface area contributed by atoms with Crippen LogP contribution in [-0.4, -0.2) is 34.3 Å². The summed E-state index contributed by atoms with van der Waals surface area (Å²) in [6.45, 7) is 5.60. The third kappa shape index (κ3) is 3.42. The standard InChI is InChI=1S/C16H21N5O2/c1-4-17-11-20(3)19-23-22-15-8-14(9-15)21-16-12(2)6-5-7-13(16)10-18-21/h4-7,10-11,14-15,19H,1,8-9H2,2-3H3. The van der Waals surface area contributed by atoms with E-state index in [-0.39, 0.29) is 6.10 Å². The van der Waals surface area contributed by atoms with Crippen LogP contribution in [0.2, 0.25) is 0 Å². The number of hydrazine groups is 1. The van der Waals surface area contributed by atoms with E-state index in [2.05, 4.69) is 52.1 Å². The number of hydrogen-bond donors (Lipinski definition) is 1. The molecule has 7 nitrogen and oxygen atoms in total. The average molecular weight is 315 g/mol. The number of aryl methyl sites for hydroxylation is 1. The van der Waals surface area contributed by atoms with Crippen molar-refractivity contribution in [2.75, 3.05) is 7.05 Å². The van der Waals surface area contributed by atoms with Gasteiger partial charge >= 0.3 is 0 Å². The van der Waals surface area contributed by atoms with Crippen molar-refractivity contribution in [3.63, 3.8) is 0 Å². The first-order valence-electron chi connectivity index (χ1n) is 7.57. The van der Waals surface area contributed by atoms with Gasteiger partial charge < -0.3 is 0 Å². The number of nitrogens with zero attached hydrogens (tertiary/aromatic N) is 4. The maximum absolute atomic E-state index is 5.32. The fourth-order valence-corrected chi connectivity index (χ4v) is 2.69. The van der Waals surface area contributed by atoms with Gasteiger partial charge in [-0.2, -0.15) is 5.10 Å². The van der Waals surface area contributed by atoms with E-state index >= 15 is 0 Å². The molecule has 1 aliphatic carbocycles. The van der Waals surface area contributed by atoms with Crippen LogP contribution in [0.25, 0.3) is 10.9 Å². The fourth-order valence-electron chi connectivity index (χ4n) is 2.69. The van der Waals surface area contributed by atoms with E-state index in [1.807, 2.05) is 6.20 Å². The zero-order valence-corrected chi connectivity index (χ0v) is 13.3. The van der Waals surface area contributed by atoms with Gasteiger partial charge in [0.2, 0.25) is 0 Å². The largest absolute Gasteiger partial charge is 0.276 e. The molecule has 0 unspecified atom stereocenters. The van der Waals surface area contributed by atoms with Crippen molar-refractivity contribution >= 4 is 17.2 Å². The van der Waals surface area contributed by atoms with Crippen LogP contribution in [0.1, 0.15) is 24.4 Å². The highest BCUT2D eigenvalue weighted by atomic mass is 17.3. The van der Waals surface area contributed by atoms with Crippen molar-refractivity contribution in [1.29, 1.82) is 0 Å². The molecule has 1 saturated carbocycles. The predicted octanol–water partition coefficient (Wildman–Crippen LogP) is 2.52. The number of para-hydroxylation sites is 1. The molecule has 0 saturated heterocycles. The second-order valence-corrected chi connectivity index (χ2v) is 5.68. The molecule has 1 aromatic heterocycles. The number of fused-ring (bicyclic) bond motifs is 1. The van der Waals surface area contributed by atoms with Crippen LogP contribution < -0.4 is 5.59 Å². The molecule has 1 heterocycles. The highest BCUT2D eigenvalue weighted by Crippen LogP contribution is 2.36. The molecule has 0 atom stereocenters. The van der Waals surface area contributed by atoms with Crippen molar-refractivity contribution in [2.24, 2.45) is 4.99 Å². The molecule has 122 valence electrons. The van der Waals surface area contributed by atoms with Gasteiger partial charge in [-0.1, -0.05) is 30.4 Å². The van der Waals surface area contributed by atoms with Crippen LogP contribution in [-0.2, 0) is 9.88 Å². The molecule has 23 heavy (non-hydrogen) atoms. The van der Waals surface area contributed by atoms with Crippen LogP contribution in [0.15, 0.2) is 42.2 Å². The van der Waals surface area contributed by atoms with Gasteiger partial charge in [0.05, 0.1) is 23.9 Å². The van der Waals surface area contributed by atoms with Gasteiger partial charge in [-0.3, -0.25) is 9.69 Å². The number of rotatable bonds is 7. The highest BCUT2D eigenvalue weighted by Gasteiger charge is 2.34. The molecule has 0 aliphatic heterocycles. The number of aromatic nitrogens is 2. The second-order valence-electron chi connectivity index (χ2n) is 5.68. The molecule has 2 aromatic rings. The summed E-state index contributed by atoms with van der Waals surface area (Å²) in [5, 5.41) is 7.23. The Labute approximate surface area is 135 Å². The van der Waals surface area contributed by atoms with Crippen LogP contribution in [0.3, 0.4) is 0 Å². The Morgan fingerprint density at radius 3 is 3.09 bits per heavy atom. The zero-order valence-electron chi connectivity index (χ0n) is 13.3. The van der Waals surface area contributed by atoms with Crippen molar-refractivity contribution in [3.05, 3.63) is 42.7 Å². The first kappa shape index (κ1) is 15.7. The summed E-state index contributed by atoms with van der Waals surface area (Å²) in [6.07, 6.45) is 6.68. The van der Waals surface area contributed by atoms with Crippen LogP contribution >= 0.6 is 0 Å². The molecule has 7 heteroatoms. The molecule has 0 amide bonds. The highest BCUT2D eigenvalue weighted by molar-refractivity contribution is 5.81. The third-order valence-corrected chi connectivity index (χ3v) is 3.95. The van der Waals surface area contributed by atoms with E-state index in [9.17, 15) is 0 Å². The monoisotopic (exact) mass is 315 g/mol. The molecule has 1 aliphatic rings. The maximum Gasteiger partial charge on any atom is 0.106 e. The first-order valence-corrected chi connectivity index (χ1v) is 7.57. The van der Waals surface area contributed by atoms with Gasteiger partial charge in [0.15, 0.2) is 0 Å². The van der Waals surface area contributed by atoms with E-state index in [1.165, 1.54) is 34.0 Å². The lowest BCUT2D eigenvalue weighted by Gasteiger charge is -2.34. The summed E-state index contributed by atoms with van der Waals surface area (Å²) >= 11 is 0. The number of aliphatic imine (C=N–C) groups is 1. The molecule has 1 fully saturated rings. The van der Waals surface area contributed by atoms with Crippen LogP contribution in [0, 0.1) is 6.92 Å². The quantitative estimate of drug-likeness (QED) is 0.368. The lowest BCUT2D eigenvalue weighted by atomic mass is 9.89. The molecule has 0 spiro atoms. The summed E-state index contributed by atoms with van der Waals surface area (Å²) in [5.41, 5.74) is 5.04. The third-order valence-electron chi connectivity index (χ3n) is 3.95. The lowest BCUT2D eigenvalue weighted by Crippen LogP contribution is -2.39. The van der Waals surface area contributed by atoms with E-state index in [4.69, 9.17) is 9.88 Å². The number of nitrogens with one attached hydrogen (secondary N) is 1. The SMILES string of the molecule is C=CN=CN(C)NOOC1CC(n2ncc3cccc(C)c32)C1. The Balaban J connectivity index is 1.49. The lowest BCUT2D eigenvalue weighted by molar-refractivity contribution is -0.395. The predicted molar refractivity (Wildman–Crippen MR) is 88.3 cm³/mol. The smallest absolute Gasteiger partial charge is 0.106 e. The van der Waals surface area contributed by atoms with Crippen LogP contribution in [0.5, 0.6) is 0 Å².